The number of aromatic nitrogens is 4. The van der Waals surface area contributed by atoms with Gasteiger partial charge in [-0.05, 0) is 33.1 Å². The molecule has 0 aromatic carbocycles. The zero-order valence-electron chi connectivity index (χ0n) is 13.9. The van der Waals surface area contributed by atoms with E-state index in [1.165, 1.54) is 11.0 Å². The minimum atomic E-state index is -0.444. The lowest BCUT2D eigenvalue weighted by Crippen LogP contribution is -2.39. The maximum Gasteiger partial charge on any atom is 0.329 e. The number of nitrogens with one attached hydrogen (secondary N) is 1. The molecule has 23 heavy (non-hydrogen) atoms. The summed E-state index contributed by atoms with van der Waals surface area (Å²) in [6.07, 6.45) is 3.42. The van der Waals surface area contributed by atoms with Crippen LogP contribution in [-0.2, 0) is 13.6 Å². The first-order valence-corrected chi connectivity index (χ1v) is 8.00. The van der Waals surface area contributed by atoms with Crippen molar-refractivity contribution in [1.29, 1.82) is 0 Å². The van der Waals surface area contributed by atoms with Crippen LogP contribution in [-0.4, -0.2) is 31.7 Å². The lowest BCUT2D eigenvalue weighted by molar-refractivity contribution is 0.472. The van der Waals surface area contributed by atoms with Crippen molar-refractivity contribution in [2.45, 2.75) is 45.7 Å². The van der Waals surface area contributed by atoms with Crippen LogP contribution in [0.4, 0.5) is 5.95 Å². The summed E-state index contributed by atoms with van der Waals surface area (Å²) in [6, 6.07) is 0.362. The van der Waals surface area contributed by atoms with Crippen LogP contribution in [0.3, 0.4) is 0 Å². The zero-order valence-corrected chi connectivity index (χ0v) is 13.9. The standard InChI is InChI=1S/C16H23N5O2/c1-10(2)9-21-12-13(19(4)16(23)18-14(12)22)17-15(21)20-8-6-5-7-11(20)3/h11H,1,5-9H2,2-4H3,(H,18,22,23)/t11-/m0/s1. The average molecular weight is 317 g/mol. The van der Waals surface area contributed by atoms with E-state index in [0.717, 1.165) is 30.9 Å². The number of hydrogen-bond donors (Lipinski definition) is 1. The van der Waals surface area contributed by atoms with Crippen molar-refractivity contribution in [1.82, 2.24) is 19.1 Å². The van der Waals surface area contributed by atoms with E-state index in [0.29, 0.717) is 23.8 Å². The third-order valence-corrected chi connectivity index (χ3v) is 4.47. The smallest absolute Gasteiger partial charge is 0.329 e. The van der Waals surface area contributed by atoms with Crippen molar-refractivity contribution in [2.24, 2.45) is 7.05 Å². The Bertz CT molecular complexity index is 873. The number of hydrogen-bond acceptors (Lipinski definition) is 4. The van der Waals surface area contributed by atoms with Crippen LogP contribution in [0.5, 0.6) is 0 Å². The third-order valence-electron chi connectivity index (χ3n) is 4.47. The van der Waals surface area contributed by atoms with E-state index in [2.05, 4.69) is 28.4 Å². The summed E-state index contributed by atoms with van der Waals surface area (Å²) in [5, 5.41) is 0. The second kappa shape index (κ2) is 5.72. The summed E-state index contributed by atoms with van der Waals surface area (Å²) in [7, 11) is 1.63. The molecule has 2 aromatic rings. The second-order valence-corrected chi connectivity index (χ2v) is 6.48. The van der Waals surface area contributed by atoms with E-state index in [-0.39, 0.29) is 0 Å². The molecule has 3 rings (SSSR count). The molecule has 0 amide bonds. The lowest BCUT2D eigenvalue weighted by atomic mass is 10.0. The molecule has 1 atom stereocenters. The van der Waals surface area contributed by atoms with Crippen LogP contribution >= 0.6 is 0 Å². The van der Waals surface area contributed by atoms with Gasteiger partial charge in [0, 0.05) is 26.2 Å². The number of rotatable bonds is 3. The van der Waals surface area contributed by atoms with Crippen LogP contribution < -0.4 is 16.1 Å². The average Bonchev–Trinajstić information content (AvgIpc) is 2.84. The lowest BCUT2D eigenvalue weighted by Gasteiger charge is -2.34. The molecule has 0 saturated carbocycles. The Kier molecular flexibility index (Phi) is 3.87. The van der Waals surface area contributed by atoms with Gasteiger partial charge in [0.05, 0.1) is 0 Å². The van der Waals surface area contributed by atoms with Gasteiger partial charge in [-0.2, -0.15) is 4.98 Å². The Hall–Kier alpha value is -2.31. The molecule has 0 bridgehead atoms. The summed E-state index contributed by atoms with van der Waals surface area (Å²) in [6.45, 7) is 9.48. The van der Waals surface area contributed by atoms with E-state index in [9.17, 15) is 9.59 Å². The highest BCUT2D eigenvalue weighted by Crippen LogP contribution is 2.27. The van der Waals surface area contributed by atoms with Crippen molar-refractivity contribution >= 4 is 17.1 Å². The minimum absolute atomic E-state index is 0.362. The fourth-order valence-corrected chi connectivity index (χ4v) is 3.26. The molecule has 7 heteroatoms. The van der Waals surface area contributed by atoms with Crippen LogP contribution in [0.25, 0.3) is 11.2 Å². The Morgan fingerprint density at radius 1 is 1.39 bits per heavy atom. The van der Waals surface area contributed by atoms with Crippen molar-refractivity contribution in [3.05, 3.63) is 33.0 Å². The third kappa shape index (κ3) is 2.60. The van der Waals surface area contributed by atoms with E-state index < -0.39 is 11.2 Å². The summed E-state index contributed by atoms with van der Waals surface area (Å²) in [4.78, 5) is 33.5. The number of H-pyrrole nitrogens is 1. The molecule has 1 saturated heterocycles. The molecule has 0 spiro atoms. The highest BCUT2D eigenvalue weighted by molar-refractivity contribution is 5.74. The van der Waals surface area contributed by atoms with Crippen LogP contribution in [0.15, 0.2) is 21.7 Å². The number of allylic oxidation sites excluding steroid dienone is 1. The molecule has 3 heterocycles. The molecule has 2 aromatic heterocycles. The number of fused-ring (bicyclic) bond motifs is 1. The first-order chi connectivity index (χ1) is 10.9. The normalized spacial score (nSPS) is 18.6. The molecule has 0 radical (unpaired) electrons. The topological polar surface area (TPSA) is 75.9 Å². The molecular weight excluding hydrogens is 294 g/mol. The van der Waals surface area contributed by atoms with E-state index in [1.54, 1.807) is 7.05 Å². The molecule has 1 aliphatic rings. The van der Waals surface area contributed by atoms with Gasteiger partial charge in [-0.15, -0.1) is 0 Å². The first-order valence-electron chi connectivity index (χ1n) is 8.00. The van der Waals surface area contributed by atoms with Crippen LogP contribution in [0.1, 0.15) is 33.1 Å². The molecule has 0 aliphatic carbocycles. The molecule has 1 aliphatic heterocycles. The molecular formula is C16H23N5O2. The van der Waals surface area contributed by atoms with Gasteiger partial charge in [0.15, 0.2) is 11.2 Å². The van der Waals surface area contributed by atoms with Gasteiger partial charge in [-0.25, -0.2) is 4.79 Å². The number of aromatic amines is 1. The first kappa shape index (κ1) is 15.6. The maximum atomic E-state index is 12.4. The number of imidazole rings is 1. The van der Waals surface area contributed by atoms with Crippen LogP contribution in [0, 0.1) is 0 Å². The Balaban J connectivity index is 2.30. The molecule has 1 fully saturated rings. The van der Waals surface area contributed by atoms with E-state index >= 15 is 0 Å². The van der Waals surface area contributed by atoms with E-state index in [4.69, 9.17) is 0 Å². The molecule has 7 nitrogen and oxygen atoms in total. The predicted molar refractivity (Wildman–Crippen MR) is 91.1 cm³/mol. The maximum absolute atomic E-state index is 12.4. The zero-order chi connectivity index (χ0) is 16.7. The van der Waals surface area contributed by atoms with Gasteiger partial charge in [-0.3, -0.25) is 14.3 Å². The molecule has 124 valence electrons. The number of aryl methyl sites for hydroxylation is 1. The summed E-state index contributed by atoms with van der Waals surface area (Å²) >= 11 is 0. The quantitative estimate of drug-likeness (QED) is 0.868. The van der Waals surface area contributed by atoms with Gasteiger partial charge in [0.1, 0.15) is 0 Å². The minimum Gasteiger partial charge on any atom is -0.339 e. The number of piperidine rings is 1. The second-order valence-electron chi connectivity index (χ2n) is 6.48. The van der Waals surface area contributed by atoms with Gasteiger partial charge >= 0.3 is 5.69 Å². The molecule has 1 N–H and O–H groups in total. The fraction of sp³-hybridized carbons (Fsp3) is 0.562. The van der Waals surface area contributed by atoms with Crippen molar-refractivity contribution in [3.63, 3.8) is 0 Å². The highest BCUT2D eigenvalue weighted by Gasteiger charge is 2.26. The van der Waals surface area contributed by atoms with Gasteiger partial charge < -0.3 is 9.47 Å². The highest BCUT2D eigenvalue weighted by atomic mass is 16.2. The fourth-order valence-electron chi connectivity index (χ4n) is 3.26. The predicted octanol–water partition coefficient (Wildman–Crippen LogP) is 1.38. The van der Waals surface area contributed by atoms with Crippen molar-refractivity contribution < 1.29 is 0 Å². The van der Waals surface area contributed by atoms with Gasteiger partial charge in [0.25, 0.3) is 5.56 Å². The Morgan fingerprint density at radius 2 is 2.13 bits per heavy atom. The largest absolute Gasteiger partial charge is 0.339 e. The Morgan fingerprint density at radius 3 is 2.78 bits per heavy atom. The summed E-state index contributed by atoms with van der Waals surface area (Å²) in [5.41, 5.74) is 0.951. The van der Waals surface area contributed by atoms with Crippen LogP contribution in [0.2, 0.25) is 0 Å². The number of anilines is 1. The van der Waals surface area contributed by atoms with Gasteiger partial charge in [-0.1, -0.05) is 12.2 Å². The number of nitrogens with zero attached hydrogens (tertiary/aromatic N) is 4. The van der Waals surface area contributed by atoms with Gasteiger partial charge in [0.2, 0.25) is 5.95 Å². The SMILES string of the molecule is C=C(C)Cn1c(N2CCCC[C@@H]2C)nc2c1c(=O)[nH]c(=O)n2C. The Labute approximate surface area is 134 Å². The monoisotopic (exact) mass is 317 g/mol. The summed E-state index contributed by atoms with van der Waals surface area (Å²) < 4.78 is 3.28. The summed E-state index contributed by atoms with van der Waals surface area (Å²) in [5.74, 6) is 0.752. The molecule has 0 unspecified atom stereocenters. The van der Waals surface area contributed by atoms with Crippen molar-refractivity contribution in [3.8, 4) is 0 Å². The van der Waals surface area contributed by atoms with Crippen molar-refractivity contribution in [2.75, 3.05) is 11.4 Å². The van der Waals surface area contributed by atoms with E-state index in [1.807, 2.05) is 11.5 Å².